The van der Waals surface area contributed by atoms with E-state index in [2.05, 4.69) is 15.0 Å². The van der Waals surface area contributed by atoms with E-state index in [1.165, 1.54) is 11.3 Å². The minimum absolute atomic E-state index is 0.391. The molecular weight excluding hydrogens is 252 g/mol. The Balaban J connectivity index is 2.05. The molecule has 0 radical (unpaired) electrons. The van der Waals surface area contributed by atoms with Gasteiger partial charge in [0, 0.05) is 33.2 Å². The van der Waals surface area contributed by atoms with E-state index in [4.69, 9.17) is 15.2 Å². The third-order valence-corrected chi connectivity index (χ3v) is 4.07. The molecule has 0 amide bonds. The minimum atomic E-state index is -0.391. The Bertz CT molecular complexity index is 565. The molecule has 0 saturated carbocycles. The van der Waals surface area contributed by atoms with Crippen molar-refractivity contribution in [1.29, 1.82) is 0 Å². The van der Waals surface area contributed by atoms with Crippen molar-refractivity contribution in [2.24, 2.45) is 0 Å². The number of rotatable bonds is 2. The smallest absolute Gasteiger partial charge is 0.191 e. The second-order valence-electron chi connectivity index (χ2n) is 4.25. The van der Waals surface area contributed by atoms with Crippen LogP contribution < -0.4 is 5.73 Å². The lowest BCUT2D eigenvalue weighted by molar-refractivity contribution is -0.0972. The van der Waals surface area contributed by atoms with Crippen LogP contribution in [0.2, 0.25) is 0 Å². The van der Waals surface area contributed by atoms with Crippen LogP contribution in [0.25, 0.3) is 10.5 Å². The van der Waals surface area contributed by atoms with E-state index < -0.39 is 5.60 Å². The highest BCUT2D eigenvalue weighted by molar-refractivity contribution is 7.21. The average Bonchev–Trinajstić information content (AvgIpc) is 2.78. The van der Waals surface area contributed by atoms with Gasteiger partial charge >= 0.3 is 0 Å². The van der Waals surface area contributed by atoms with E-state index in [9.17, 15) is 0 Å². The van der Waals surface area contributed by atoms with Gasteiger partial charge in [0.15, 0.2) is 15.6 Å². The summed E-state index contributed by atoms with van der Waals surface area (Å²) in [5.74, 6) is 0. The fraction of sp³-hybridized carbons (Fsp3) is 0.545. The van der Waals surface area contributed by atoms with E-state index in [0.717, 1.165) is 23.4 Å². The molecule has 3 rings (SSSR count). The molecule has 18 heavy (non-hydrogen) atoms. The van der Waals surface area contributed by atoms with Crippen LogP contribution in [0.5, 0.6) is 0 Å². The standard InChI is InChI=1S/C11H14N4O2S/c1-16-11(2-4-17-5-3-11)7-6-13-8-9(14-7)18-10(12)15-8/h6H,2-5H2,1H3,(H2,12,13,15). The van der Waals surface area contributed by atoms with Gasteiger partial charge in [0.1, 0.15) is 5.60 Å². The lowest BCUT2D eigenvalue weighted by Crippen LogP contribution is -2.36. The van der Waals surface area contributed by atoms with Crippen molar-refractivity contribution in [3.63, 3.8) is 0 Å². The first-order valence-corrected chi connectivity index (χ1v) is 6.58. The number of anilines is 1. The molecule has 1 aliphatic heterocycles. The number of hydrogen-bond donors (Lipinski definition) is 1. The van der Waals surface area contributed by atoms with E-state index in [1.807, 2.05) is 0 Å². The Kier molecular flexibility index (Phi) is 2.89. The molecule has 7 heteroatoms. The van der Waals surface area contributed by atoms with Crippen LogP contribution in [0.15, 0.2) is 6.20 Å². The second kappa shape index (κ2) is 4.42. The summed E-state index contributed by atoms with van der Waals surface area (Å²) in [4.78, 5) is 13.8. The SMILES string of the molecule is COC1(c2cnc3nc(N)sc3n2)CCOCC1. The van der Waals surface area contributed by atoms with Crippen molar-refractivity contribution in [2.75, 3.05) is 26.1 Å². The Morgan fingerprint density at radius 1 is 1.39 bits per heavy atom. The zero-order chi connectivity index (χ0) is 12.6. The molecule has 1 saturated heterocycles. The van der Waals surface area contributed by atoms with Crippen molar-refractivity contribution >= 4 is 26.9 Å². The van der Waals surface area contributed by atoms with Gasteiger partial charge in [-0.1, -0.05) is 11.3 Å². The highest BCUT2D eigenvalue weighted by atomic mass is 32.1. The molecule has 6 nitrogen and oxygen atoms in total. The lowest BCUT2D eigenvalue weighted by atomic mass is 9.90. The third-order valence-electron chi connectivity index (χ3n) is 3.30. The molecule has 0 aliphatic carbocycles. The van der Waals surface area contributed by atoms with Gasteiger partial charge in [-0.05, 0) is 0 Å². The number of nitrogens with two attached hydrogens (primary N) is 1. The van der Waals surface area contributed by atoms with Crippen LogP contribution >= 0.6 is 11.3 Å². The predicted molar refractivity (Wildman–Crippen MR) is 68.4 cm³/mol. The van der Waals surface area contributed by atoms with E-state index in [0.29, 0.717) is 24.0 Å². The van der Waals surface area contributed by atoms with Gasteiger partial charge in [-0.15, -0.1) is 0 Å². The summed E-state index contributed by atoms with van der Waals surface area (Å²) >= 11 is 1.35. The van der Waals surface area contributed by atoms with Crippen LogP contribution in [0.4, 0.5) is 5.13 Å². The molecule has 0 bridgehead atoms. The molecule has 0 spiro atoms. The highest BCUT2D eigenvalue weighted by Gasteiger charge is 2.36. The molecule has 0 atom stereocenters. The number of hydrogen-bond acceptors (Lipinski definition) is 7. The molecule has 2 aromatic heterocycles. The highest BCUT2D eigenvalue weighted by Crippen LogP contribution is 2.35. The molecule has 3 heterocycles. The van der Waals surface area contributed by atoms with Crippen molar-refractivity contribution in [2.45, 2.75) is 18.4 Å². The molecule has 2 aromatic rings. The van der Waals surface area contributed by atoms with Gasteiger partial charge in [0.25, 0.3) is 0 Å². The first-order valence-electron chi connectivity index (χ1n) is 5.76. The lowest BCUT2D eigenvalue weighted by Gasteiger charge is -2.34. The molecule has 1 aliphatic rings. The molecule has 0 aromatic carbocycles. The maximum absolute atomic E-state index is 5.69. The summed E-state index contributed by atoms with van der Waals surface area (Å²) in [7, 11) is 1.71. The van der Waals surface area contributed by atoms with Gasteiger partial charge in [-0.25, -0.2) is 9.97 Å². The molecule has 1 fully saturated rings. The van der Waals surface area contributed by atoms with Crippen LogP contribution in [0.3, 0.4) is 0 Å². The first-order chi connectivity index (χ1) is 8.73. The minimum Gasteiger partial charge on any atom is -0.381 e. The summed E-state index contributed by atoms with van der Waals surface area (Å²) in [6.07, 6.45) is 3.31. The number of fused-ring (bicyclic) bond motifs is 1. The van der Waals surface area contributed by atoms with Crippen LogP contribution in [-0.4, -0.2) is 35.3 Å². The Hall–Kier alpha value is -1.31. The van der Waals surface area contributed by atoms with Crippen LogP contribution in [0.1, 0.15) is 18.5 Å². The number of methoxy groups -OCH3 is 1. The van der Waals surface area contributed by atoms with Crippen molar-refractivity contribution in [1.82, 2.24) is 15.0 Å². The zero-order valence-corrected chi connectivity index (χ0v) is 10.9. The Morgan fingerprint density at radius 3 is 2.89 bits per heavy atom. The summed E-state index contributed by atoms with van der Waals surface area (Å²) in [6, 6.07) is 0. The van der Waals surface area contributed by atoms with Gasteiger partial charge in [0.2, 0.25) is 0 Å². The van der Waals surface area contributed by atoms with Crippen LogP contribution in [-0.2, 0) is 15.1 Å². The molecular formula is C11H14N4O2S. The maximum Gasteiger partial charge on any atom is 0.191 e. The van der Waals surface area contributed by atoms with Crippen molar-refractivity contribution in [3.05, 3.63) is 11.9 Å². The monoisotopic (exact) mass is 266 g/mol. The normalized spacial score (nSPS) is 19.2. The fourth-order valence-corrected chi connectivity index (χ4v) is 2.89. The topological polar surface area (TPSA) is 83.2 Å². The average molecular weight is 266 g/mol. The van der Waals surface area contributed by atoms with E-state index in [-0.39, 0.29) is 0 Å². The number of nitrogen functional groups attached to an aromatic ring is 1. The number of nitrogens with zero attached hydrogens (tertiary/aromatic N) is 3. The molecule has 96 valence electrons. The van der Waals surface area contributed by atoms with Gasteiger partial charge < -0.3 is 15.2 Å². The van der Waals surface area contributed by atoms with E-state index >= 15 is 0 Å². The zero-order valence-electron chi connectivity index (χ0n) is 10.0. The fourth-order valence-electron chi connectivity index (χ4n) is 2.22. The molecule has 0 unspecified atom stereocenters. The Labute approximate surface area is 108 Å². The summed E-state index contributed by atoms with van der Waals surface area (Å²) in [5.41, 5.74) is 6.70. The first kappa shape index (κ1) is 11.8. The van der Waals surface area contributed by atoms with Crippen molar-refractivity contribution in [3.8, 4) is 0 Å². The van der Waals surface area contributed by atoms with E-state index in [1.54, 1.807) is 13.3 Å². The van der Waals surface area contributed by atoms with Crippen LogP contribution in [0, 0.1) is 0 Å². The summed E-state index contributed by atoms with van der Waals surface area (Å²) in [6.45, 7) is 1.36. The van der Waals surface area contributed by atoms with Gasteiger partial charge in [0.05, 0.1) is 11.9 Å². The largest absolute Gasteiger partial charge is 0.381 e. The Morgan fingerprint density at radius 2 is 2.17 bits per heavy atom. The maximum atomic E-state index is 5.69. The predicted octanol–water partition coefficient (Wildman–Crippen LogP) is 1.32. The summed E-state index contributed by atoms with van der Waals surface area (Å²) < 4.78 is 11.1. The van der Waals surface area contributed by atoms with Gasteiger partial charge in [-0.3, -0.25) is 0 Å². The number of thiazole rings is 1. The van der Waals surface area contributed by atoms with Crippen molar-refractivity contribution < 1.29 is 9.47 Å². The van der Waals surface area contributed by atoms with Gasteiger partial charge in [-0.2, -0.15) is 4.98 Å². The quantitative estimate of drug-likeness (QED) is 0.882. The summed E-state index contributed by atoms with van der Waals surface area (Å²) in [5, 5.41) is 0.487. The number of ether oxygens (including phenoxy) is 2. The second-order valence-corrected chi connectivity index (χ2v) is 5.26. The number of aromatic nitrogens is 3. The third kappa shape index (κ3) is 1.84. The molecule has 2 N–H and O–H groups in total.